The predicted molar refractivity (Wildman–Crippen MR) is 80.7 cm³/mol. The second kappa shape index (κ2) is 6.78. The van der Waals surface area contributed by atoms with E-state index in [-0.39, 0.29) is 23.8 Å². The van der Waals surface area contributed by atoms with Crippen molar-refractivity contribution in [3.8, 4) is 0 Å². The molecule has 1 aromatic rings. The summed E-state index contributed by atoms with van der Waals surface area (Å²) in [4.78, 5) is 12.3. The van der Waals surface area contributed by atoms with Gasteiger partial charge in [-0.15, -0.1) is 0 Å². The van der Waals surface area contributed by atoms with E-state index in [4.69, 9.17) is 27.3 Å². The Hall–Kier alpha value is -1.79. The van der Waals surface area contributed by atoms with Crippen LogP contribution in [0.4, 0.5) is 5.69 Å². The van der Waals surface area contributed by atoms with Crippen molar-refractivity contribution in [3.05, 3.63) is 28.8 Å². The summed E-state index contributed by atoms with van der Waals surface area (Å²) in [6, 6.07) is 4.79. The average Bonchev–Trinajstić information content (AvgIpc) is 2.97. The third-order valence-electron chi connectivity index (χ3n) is 3.58. The van der Waals surface area contributed by atoms with Gasteiger partial charge in [0.1, 0.15) is 0 Å². The number of nitrogens with zero attached hydrogens (tertiary/aromatic N) is 1. The Kier molecular flexibility index (Phi) is 5.03. The van der Waals surface area contributed by atoms with Gasteiger partial charge in [-0.3, -0.25) is 4.79 Å². The number of nitrogens with two attached hydrogens (primary N) is 1. The smallest absolute Gasteiger partial charge is 0.230 e. The molecule has 0 radical (unpaired) electrons. The van der Waals surface area contributed by atoms with Crippen molar-refractivity contribution < 1.29 is 14.7 Å². The third kappa shape index (κ3) is 3.46. The van der Waals surface area contributed by atoms with E-state index in [1.54, 1.807) is 12.1 Å². The molecule has 114 valence electrons. The topological polar surface area (TPSA) is 96.9 Å². The Morgan fingerprint density at radius 1 is 1.62 bits per heavy atom. The van der Waals surface area contributed by atoms with Gasteiger partial charge in [-0.25, -0.2) is 0 Å². The molecule has 1 fully saturated rings. The molecule has 2 atom stereocenters. The van der Waals surface area contributed by atoms with E-state index in [9.17, 15) is 4.79 Å². The zero-order chi connectivity index (χ0) is 15.4. The van der Waals surface area contributed by atoms with Gasteiger partial charge in [0.15, 0.2) is 5.84 Å². The predicted octanol–water partition coefficient (Wildman–Crippen LogP) is 2.19. The van der Waals surface area contributed by atoms with Gasteiger partial charge in [0, 0.05) is 12.2 Å². The molecule has 0 aromatic heterocycles. The fourth-order valence-electron chi connectivity index (χ4n) is 2.41. The summed E-state index contributed by atoms with van der Waals surface area (Å²) < 4.78 is 5.52. The number of nitrogens with one attached hydrogen (secondary N) is 1. The summed E-state index contributed by atoms with van der Waals surface area (Å²) in [5.74, 6) is -0.294. The molecule has 1 aliphatic rings. The maximum Gasteiger partial charge on any atom is 0.230 e. The van der Waals surface area contributed by atoms with Gasteiger partial charge < -0.3 is 21.0 Å². The number of carbonyl (C=O) groups is 1. The Balaban J connectivity index is 2.11. The monoisotopic (exact) mass is 311 g/mol. The van der Waals surface area contributed by atoms with Crippen LogP contribution >= 0.6 is 11.6 Å². The van der Waals surface area contributed by atoms with Crippen LogP contribution in [-0.2, 0) is 9.53 Å². The van der Waals surface area contributed by atoms with E-state index in [0.717, 1.165) is 6.42 Å². The number of hydrogen-bond acceptors (Lipinski definition) is 4. The maximum atomic E-state index is 12.3. The number of hydrogen-bond donors (Lipinski definition) is 3. The lowest BCUT2D eigenvalue weighted by molar-refractivity contribution is -0.121. The minimum Gasteiger partial charge on any atom is -0.409 e. The van der Waals surface area contributed by atoms with Gasteiger partial charge in [0.25, 0.3) is 0 Å². The fourth-order valence-corrected chi connectivity index (χ4v) is 2.64. The van der Waals surface area contributed by atoms with E-state index in [1.165, 1.54) is 6.07 Å². The van der Waals surface area contributed by atoms with E-state index in [2.05, 4.69) is 10.5 Å². The molecular formula is C14H18ClN3O3. The Morgan fingerprint density at radius 3 is 3.00 bits per heavy atom. The van der Waals surface area contributed by atoms with Crippen LogP contribution in [0.1, 0.15) is 25.3 Å². The van der Waals surface area contributed by atoms with Crippen LogP contribution in [0.15, 0.2) is 23.4 Å². The van der Waals surface area contributed by atoms with Gasteiger partial charge in [-0.05, 0) is 31.0 Å². The summed E-state index contributed by atoms with van der Waals surface area (Å²) in [5, 5.41) is 14.7. The van der Waals surface area contributed by atoms with Crippen LogP contribution in [0.5, 0.6) is 0 Å². The number of amidine groups is 1. The zero-order valence-corrected chi connectivity index (χ0v) is 12.4. The standard InChI is InChI=1S/C14H18ClN3O3/c1-2-12-9(5-6-21-12)14(19)17-11-4-3-8(7-10(11)15)13(16)18-20/h3-4,7,9,12,20H,2,5-6H2,1H3,(H2,16,18)(H,17,19). The molecule has 1 amide bonds. The first-order valence-corrected chi connectivity index (χ1v) is 7.14. The molecule has 21 heavy (non-hydrogen) atoms. The number of carbonyl (C=O) groups excluding carboxylic acids is 1. The van der Waals surface area contributed by atoms with Gasteiger partial charge >= 0.3 is 0 Å². The van der Waals surface area contributed by atoms with Gasteiger partial charge in [-0.2, -0.15) is 0 Å². The number of rotatable bonds is 4. The second-order valence-electron chi connectivity index (χ2n) is 4.88. The zero-order valence-electron chi connectivity index (χ0n) is 11.7. The van der Waals surface area contributed by atoms with E-state index in [0.29, 0.717) is 29.3 Å². The molecule has 0 spiro atoms. The Bertz CT molecular complexity index is 562. The van der Waals surface area contributed by atoms with Crippen molar-refractivity contribution in [2.75, 3.05) is 11.9 Å². The highest BCUT2D eigenvalue weighted by atomic mass is 35.5. The van der Waals surface area contributed by atoms with Crippen LogP contribution in [-0.4, -0.2) is 29.7 Å². The van der Waals surface area contributed by atoms with Crippen molar-refractivity contribution >= 4 is 29.0 Å². The molecule has 1 heterocycles. The molecule has 0 saturated carbocycles. The highest BCUT2D eigenvalue weighted by Crippen LogP contribution is 2.28. The third-order valence-corrected chi connectivity index (χ3v) is 3.89. The lowest BCUT2D eigenvalue weighted by Crippen LogP contribution is -2.29. The minimum absolute atomic E-state index is 0.0370. The number of ether oxygens (including phenoxy) is 1. The maximum absolute atomic E-state index is 12.3. The van der Waals surface area contributed by atoms with E-state index >= 15 is 0 Å². The summed E-state index contributed by atoms with van der Waals surface area (Å²) >= 11 is 6.11. The fraction of sp³-hybridized carbons (Fsp3) is 0.429. The number of anilines is 1. The van der Waals surface area contributed by atoms with E-state index in [1.807, 2.05) is 6.92 Å². The summed E-state index contributed by atoms with van der Waals surface area (Å²) in [6.45, 7) is 2.60. The highest BCUT2D eigenvalue weighted by molar-refractivity contribution is 6.34. The first-order valence-electron chi connectivity index (χ1n) is 6.76. The lowest BCUT2D eigenvalue weighted by Gasteiger charge is -2.17. The molecule has 2 rings (SSSR count). The van der Waals surface area contributed by atoms with Gasteiger partial charge in [0.05, 0.1) is 22.7 Å². The van der Waals surface area contributed by atoms with Crippen molar-refractivity contribution in [1.82, 2.24) is 0 Å². The van der Waals surface area contributed by atoms with Crippen LogP contribution in [0.3, 0.4) is 0 Å². The number of amides is 1. The second-order valence-corrected chi connectivity index (χ2v) is 5.29. The largest absolute Gasteiger partial charge is 0.409 e. The van der Waals surface area contributed by atoms with Gasteiger partial charge in [0.2, 0.25) is 5.91 Å². The van der Waals surface area contributed by atoms with Crippen LogP contribution < -0.4 is 11.1 Å². The molecule has 6 nitrogen and oxygen atoms in total. The molecule has 7 heteroatoms. The first-order chi connectivity index (χ1) is 10.1. The quantitative estimate of drug-likeness (QED) is 0.343. The molecule has 1 saturated heterocycles. The normalized spacial score (nSPS) is 22.3. The summed E-state index contributed by atoms with van der Waals surface area (Å²) in [5.41, 5.74) is 6.47. The van der Waals surface area contributed by atoms with Crippen LogP contribution in [0.25, 0.3) is 0 Å². The molecular weight excluding hydrogens is 294 g/mol. The highest BCUT2D eigenvalue weighted by Gasteiger charge is 2.32. The molecule has 0 aliphatic carbocycles. The number of benzene rings is 1. The lowest BCUT2D eigenvalue weighted by atomic mass is 9.98. The van der Waals surface area contributed by atoms with Crippen molar-refractivity contribution in [1.29, 1.82) is 0 Å². The summed E-state index contributed by atoms with van der Waals surface area (Å²) in [6.07, 6.45) is 1.47. The molecule has 2 unspecified atom stereocenters. The summed E-state index contributed by atoms with van der Waals surface area (Å²) in [7, 11) is 0. The van der Waals surface area contributed by atoms with Crippen molar-refractivity contribution in [2.24, 2.45) is 16.8 Å². The molecule has 1 aliphatic heterocycles. The number of oxime groups is 1. The van der Waals surface area contributed by atoms with Gasteiger partial charge in [-0.1, -0.05) is 23.7 Å². The SMILES string of the molecule is CCC1OCCC1C(=O)Nc1ccc(/C(N)=N/O)cc1Cl. The van der Waals surface area contributed by atoms with Crippen LogP contribution in [0.2, 0.25) is 5.02 Å². The van der Waals surface area contributed by atoms with E-state index < -0.39 is 0 Å². The first kappa shape index (κ1) is 15.6. The Morgan fingerprint density at radius 2 is 2.38 bits per heavy atom. The molecule has 4 N–H and O–H groups in total. The van der Waals surface area contributed by atoms with Crippen molar-refractivity contribution in [2.45, 2.75) is 25.9 Å². The molecule has 0 bridgehead atoms. The van der Waals surface area contributed by atoms with Crippen LogP contribution in [0, 0.1) is 5.92 Å². The average molecular weight is 312 g/mol. The minimum atomic E-state index is -0.158. The van der Waals surface area contributed by atoms with Crippen molar-refractivity contribution in [3.63, 3.8) is 0 Å². The molecule has 1 aromatic carbocycles. The Labute approximate surface area is 127 Å². The number of halogens is 1.